The zero-order chi connectivity index (χ0) is 10.7. The van der Waals surface area contributed by atoms with Crippen LogP contribution in [0.15, 0.2) is 24.8 Å². The summed E-state index contributed by atoms with van der Waals surface area (Å²) in [5, 5.41) is 9.75. The number of aromatic hydroxyl groups is 1. The molecule has 0 unspecified atom stereocenters. The quantitative estimate of drug-likeness (QED) is 0.721. The number of nitrogens with two attached hydrogens (primary N) is 1. The normalized spacial score (nSPS) is 12.5. The van der Waals surface area contributed by atoms with Gasteiger partial charge in [-0.05, 0) is 37.5 Å². The van der Waals surface area contributed by atoms with Crippen molar-refractivity contribution in [1.29, 1.82) is 0 Å². The molecule has 0 spiro atoms. The first-order chi connectivity index (χ1) is 6.56. The Hall–Kier alpha value is -1.28. The molecule has 1 aromatic rings. The molecule has 2 heteroatoms. The van der Waals surface area contributed by atoms with Crippen molar-refractivity contribution >= 4 is 0 Å². The van der Waals surface area contributed by atoms with Crippen LogP contribution in [0.3, 0.4) is 0 Å². The van der Waals surface area contributed by atoms with Crippen LogP contribution >= 0.6 is 0 Å². The van der Waals surface area contributed by atoms with Gasteiger partial charge in [0.05, 0.1) is 0 Å². The van der Waals surface area contributed by atoms with Gasteiger partial charge in [-0.2, -0.15) is 0 Å². The fraction of sp³-hybridized carbons (Fsp3) is 0.333. The average molecular weight is 191 g/mol. The average Bonchev–Trinajstić information content (AvgIpc) is 2.01. The van der Waals surface area contributed by atoms with Crippen LogP contribution < -0.4 is 5.73 Å². The largest absolute Gasteiger partial charge is 0.508 e. The van der Waals surface area contributed by atoms with E-state index in [1.165, 1.54) is 0 Å². The minimum atomic E-state index is -0.159. The summed E-state index contributed by atoms with van der Waals surface area (Å²) >= 11 is 0. The zero-order valence-electron chi connectivity index (χ0n) is 8.75. The molecule has 0 aromatic heterocycles. The Morgan fingerprint density at radius 2 is 2.14 bits per heavy atom. The summed E-state index contributed by atoms with van der Waals surface area (Å²) in [5.74, 6) is 0.289. The number of rotatable bonds is 3. The van der Waals surface area contributed by atoms with Crippen molar-refractivity contribution in [1.82, 2.24) is 0 Å². The number of hydrogen-bond donors (Lipinski definition) is 2. The molecule has 0 aliphatic carbocycles. The third-order valence-corrected chi connectivity index (χ3v) is 2.30. The van der Waals surface area contributed by atoms with Crippen LogP contribution in [0.2, 0.25) is 0 Å². The molecule has 2 nitrogen and oxygen atoms in total. The highest BCUT2D eigenvalue weighted by molar-refractivity contribution is 5.44. The van der Waals surface area contributed by atoms with Gasteiger partial charge >= 0.3 is 0 Å². The summed E-state index contributed by atoms with van der Waals surface area (Å²) in [6, 6.07) is 3.61. The Balaban J connectivity index is 3.13. The Labute approximate surface area is 85.1 Å². The highest BCUT2D eigenvalue weighted by Gasteiger charge is 2.12. The van der Waals surface area contributed by atoms with Crippen molar-refractivity contribution in [2.24, 2.45) is 5.73 Å². The number of phenols is 1. The van der Waals surface area contributed by atoms with Gasteiger partial charge in [-0.25, -0.2) is 0 Å². The van der Waals surface area contributed by atoms with Crippen LogP contribution in [-0.2, 0) is 0 Å². The maximum Gasteiger partial charge on any atom is 0.120 e. The van der Waals surface area contributed by atoms with E-state index in [2.05, 4.69) is 6.58 Å². The Bertz CT molecular complexity index is 321. The van der Waals surface area contributed by atoms with E-state index in [-0.39, 0.29) is 11.8 Å². The van der Waals surface area contributed by atoms with Gasteiger partial charge in [0.2, 0.25) is 0 Å². The summed E-state index contributed by atoms with van der Waals surface area (Å²) < 4.78 is 0. The van der Waals surface area contributed by atoms with Crippen LogP contribution in [0.4, 0.5) is 0 Å². The van der Waals surface area contributed by atoms with Crippen molar-refractivity contribution in [3.8, 4) is 5.75 Å². The van der Waals surface area contributed by atoms with E-state index in [1.54, 1.807) is 12.1 Å². The third-order valence-electron chi connectivity index (χ3n) is 2.30. The zero-order valence-corrected chi connectivity index (χ0v) is 8.75. The van der Waals surface area contributed by atoms with Gasteiger partial charge in [-0.3, -0.25) is 0 Å². The molecule has 0 fully saturated rings. The number of phenolic OH excluding ortho intramolecular Hbond substituents is 1. The van der Waals surface area contributed by atoms with Crippen molar-refractivity contribution in [2.45, 2.75) is 26.3 Å². The summed E-state index contributed by atoms with van der Waals surface area (Å²) in [4.78, 5) is 0. The molecule has 0 heterocycles. The second kappa shape index (κ2) is 4.29. The number of aryl methyl sites for hydroxylation is 2. The van der Waals surface area contributed by atoms with Crippen molar-refractivity contribution in [3.05, 3.63) is 41.5 Å². The summed E-state index contributed by atoms with van der Waals surface area (Å²) in [6.45, 7) is 7.56. The minimum Gasteiger partial charge on any atom is -0.508 e. The molecule has 76 valence electrons. The van der Waals surface area contributed by atoms with Gasteiger partial charge < -0.3 is 10.8 Å². The van der Waals surface area contributed by atoms with Crippen LogP contribution in [0, 0.1) is 13.8 Å². The van der Waals surface area contributed by atoms with E-state index in [4.69, 9.17) is 5.73 Å². The summed E-state index contributed by atoms with van der Waals surface area (Å²) in [6.07, 6.45) is 2.45. The minimum absolute atomic E-state index is 0.159. The number of benzene rings is 1. The van der Waals surface area contributed by atoms with Gasteiger partial charge in [0.25, 0.3) is 0 Å². The molecule has 0 saturated heterocycles. The second-order valence-corrected chi connectivity index (χ2v) is 3.65. The van der Waals surface area contributed by atoms with Crippen LogP contribution in [0.1, 0.15) is 29.2 Å². The van der Waals surface area contributed by atoms with E-state index < -0.39 is 0 Å². The predicted molar refractivity (Wildman–Crippen MR) is 59.3 cm³/mol. The molecular formula is C12H17NO. The van der Waals surface area contributed by atoms with Gasteiger partial charge in [-0.1, -0.05) is 12.1 Å². The van der Waals surface area contributed by atoms with Crippen molar-refractivity contribution < 1.29 is 5.11 Å². The standard InChI is InChI=1S/C12H17NO/c1-4-5-10(13)12-9(3)6-8(2)7-11(12)14/h4,6-7,10,14H,1,5,13H2,2-3H3/t10-/m1/s1. The summed E-state index contributed by atoms with van der Waals surface area (Å²) in [7, 11) is 0. The topological polar surface area (TPSA) is 46.2 Å². The molecule has 3 N–H and O–H groups in total. The summed E-state index contributed by atoms with van der Waals surface area (Å²) in [5.41, 5.74) is 8.84. The SMILES string of the molecule is C=CC[C@@H](N)c1c(C)cc(C)cc1O. The fourth-order valence-electron chi connectivity index (χ4n) is 1.74. The molecule has 0 amide bonds. The van der Waals surface area contributed by atoms with Crippen LogP contribution in [0.5, 0.6) is 5.75 Å². The van der Waals surface area contributed by atoms with E-state index in [0.717, 1.165) is 16.7 Å². The van der Waals surface area contributed by atoms with E-state index in [9.17, 15) is 5.11 Å². The predicted octanol–water partition coefficient (Wildman–Crippen LogP) is 2.58. The molecule has 0 aliphatic heterocycles. The van der Waals surface area contributed by atoms with Gasteiger partial charge in [0.15, 0.2) is 0 Å². The molecule has 0 radical (unpaired) electrons. The lowest BCUT2D eigenvalue weighted by Crippen LogP contribution is -2.11. The van der Waals surface area contributed by atoms with Crippen molar-refractivity contribution in [2.75, 3.05) is 0 Å². The van der Waals surface area contributed by atoms with Crippen LogP contribution in [-0.4, -0.2) is 5.11 Å². The first kappa shape index (κ1) is 10.8. The van der Waals surface area contributed by atoms with Gasteiger partial charge in [0.1, 0.15) is 5.75 Å². The first-order valence-electron chi connectivity index (χ1n) is 4.73. The fourth-order valence-corrected chi connectivity index (χ4v) is 1.74. The van der Waals surface area contributed by atoms with Crippen LogP contribution in [0.25, 0.3) is 0 Å². The molecular weight excluding hydrogens is 174 g/mol. The lowest BCUT2D eigenvalue weighted by molar-refractivity contribution is 0.460. The lowest BCUT2D eigenvalue weighted by atomic mass is 9.96. The Kier molecular flexibility index (Phi) is 3.31. The first-order valence-corrected chi connectivity index (χ1v) is 4.73. The maximum atomic E-state index is 9.75. The van der Waals surface area contributed by atoms with E-state index in [1.807, 2.05) is 19.9 Å². The highest BCUT2D eigenvalue weighted by atomic mass is 16.3. The molecule has 1 aromatic carbocycles. The lowest BCUT2D eigenvalue weighted by Gasteiger charge is -2.15. The van der Waals surface area contributed by atoms with Crippen molar-refractivity contribution in [3.63, 3.8) is 0 Å². The molecule has 0 bridgehead atoms. The third kappa shape index (κ3) is 2.15. The Morgan fingerprint density at radius 1 is 1.50 bits per heavy atom. The van der Waals surface area contributed by atoms with Gasteiger partial charge in [-0.15, -0.1) is 6.58 Å². The maximum absolute atomic E-state index is 9.75. The smallest absolute Gasteiger partial charge is 0.120 e. The van der Waals surface area contributed by atoms with E-state index >= 15 is 0 Å². The highest BCUT2D eigenvalue weighted by Crippen LogP contribution is 2.29. The second-order valence-electron chi connectivity index (χ2n) is 3.65. The molecule has 0 saturated carbocycles. The van der Waals surface area contributed by atoms with Gasteiger partial charge in [0, 0.05) is 11.6 Å². The molecule has 1 atom stereocenters. The molecule has 0 aliphatic rings. The van der Waals surface area contributed by atoms with E-state index in [0.29, 0.717) is 6.42 Å². The monoisotopic (exact) mass is 191 g/mol. The molecule has 14 heavy (non-hydrogen) atoms. The number of hydrogen-bond acceptors (Lipinski definition) is 2. The molecule has 1 rings (SSSR count). The Morgan fingerprint density at radius 3 is 2.64 bits per heavy atom.